The molecule has 0 fully saturated rings. The van der Waals surface area contributed by atoms with E-state index in [0.717, 1.165) is 0 Å². The van der Waals surface area contributed by atoms with Gasteiger partial charge in [0.2, 0.25) is 0 Å². The first kappa shape index (κ1) is 7.53. The Morgan fingerprint density at radius 3 is 3.00 bits per heavy atom. The van der Waals surface area contributed by atoms with Crippen LogP contribution >= 0.6 is 0 Å². The second-order valence-corrected chi connectivity index (χ2v) is 2.01. The first-order chi connectivity index (χ1) is 5.20. The number of carbonyl (C=O) groups is 1. The summed E-state index contributed by atoms with van der Waals surface area (Å²) in [5.74, 6) is 0.326. The number of rotatable bonds is 1. The monoisotopic (exact) mass is 153 g/mol. The van der Waals surface area contributed by atoms with Gasteiger partial charge in [0.05, 0.1) is 0 Å². The van der Waals surface area contributed by atoms with Crippen molar-refractivity contribution in [3.05, 3.63) is 24.0 Å². The molecule has 0 bridgehead atoms. The molecule has 11 heavy (non-hydrogen) atoms. The lowest BCUT2D eigenvalue weighted by Crippen LogP contribution is -2.04. The molecule has 0 aliphatic carbocycles. The average Bonchev–Trinajstić information content (AvgIpc) is 1.93. The quantitative estimate of drug-likeness (QED) is 0.620. The number of carboxylic acid groups (broad SMARTS) is 1. The lowest BCUT2D eigenvalue weighted by Gasteiger charge is -2.00. The van der Waals surface area contributed by atoms with Gasteiger partial charge in [0.15, 0.2) is 0 Å². The summed E-state index contributed by atoms with van der Waals surface area (Å²) in [4.78, 5) is 13.9. The van der Waals surface area contributed by atoms with Crippen molar-refractivity contribution in [2.75, 3.05) is 0 Å². The molecule has 1 N–H and O–H groups in total. The van der Waals surface area contributed by atoms with Gasteiger partial charge in [0, 0.05) is 18.0 Å². The molecule has 4 heteroatoms. The van der Waals surface area contributed by atoms with Crippen molar-refractivity contribution in [1.29, 1.82) is 0 Å². The Bertz CT molecular complexity index is 272. The van der Waals surface area contributed by atoms with Gasteiger partial charge in [-0.3, -0.25) is 4.98 Å². The Kier molecular flexibility index (Phi) is 2.06. The van der Waals surface area contributed by atoms with Crippen molar-refractivity contribution in [2.45, 2.75) is 6.92 Å². The van der Waals surface area contributed by atoms with Crippen LogP contribution in [0.2, 0.25) is 0 Å². The van der Waals surface area contributed by atoms with Crippen LogP contribution in [-0.2, 0) is 0 Å². The Balaban J connectivity index is 2.86. The van der Waals surface area contributed by atoms with Gasteiger partial charge < -0.3 is 9.84 Å². The summed E-state index contributed by atoms with van der Waals surface area (Å²) < 4.78 is 4.42. The van der Waals surface area contributed by atoms with Crippen molar-refractivity contribution in [3.8, 4) is 5.75 Å². The minimum Gasteiger partial charge on any atom is -0.449 e. The topological polar surface area (TPSA) is 59.4 Å². The SMILES string of the molecule is Cc1cnccc1OC(=O)O. The second kappa shape index (κ2) is 3.01. The van der Waals surface area contributed by atoms with E-state index >= 15 is 0 Å². The first-order valence-corrected chi connectivity index (χ1v) is 3.01. The van der Waals surface area contributed by atoms with Crippen LogP contribution in [-0.4, -0.2) is 16.2 Å². The minimum atomic E-state index is -1.31. The van der Waals surface area contributed by atoms with Gasteiger partial charge in [-0.2, -0.15) is 0 Å². The van der Waals surface area contributed by atoms with Crippen molar-refractivity contribution in [3.63, 3.8) is 0 Å². The highest BCUT2D eigenvalue weighted by atomic mass is 16.7. The maximum Gasteiger partial charge on any atom is 0.511 e. The number of hydrogen-bond donors (Lipinski definition) is 1. The third-order valence-electron chi connectivity index (χ3n) is 1.17. The van der Waals surface area contributed by atoms with Gasteiger partial charge in [-0.15, -0.1) is 0 Å². The van der Waals surface area contributed by atoms with Crippen molar-refractivity contribution in [1.82, 2.24) is 4.98 Å². The van der Waals surface area contributed by atoms with Crippen LogP contribution in [0.15, 0.2) is 18.5 Å². The summed E-state index contributed by atoms with van der Waals surface area (Å²) in [6, 6.07) is 1.50. The van der Waals surface area contributed by atoms with Crippen molar-refractivity contribution >= 4 is 6.16 Å². The molecule has 0 spiro atoms. The summed E-state index contributed by atoms with van der Waals surface area (Å²) in [7, 11) is 0. The van der Waals surface area contributed by atoms with Crippen LogP contribution in [0.5, 0.6) is 5.75 Å². The number of pyridine rings is 1. The molecule has 1 rings (SSSR count). The maximum atomic E-state index is 10.1. The molecule has 0 saturated carbocycles. The maximum absolute atomic E-state index is 10.1. The fourth-order valence-corrected chi connectivity index (χ4v) is 0.669. The standard InChI is InChI=1S/C7H7NO3/c1-5-4-8-3-2-6(5)11-7(9)10/h2-4H,1H3,(H,9,10). The number of aryl methyl sites for hydroxylation is 1. The molecule has 0 amide bonds. The predicted molar refractivity (Wildman–Crippen MR) is 37.6 cm³/mol. The molecule has 0 radical (unpaired) electrons. The number of ether oxygens (including phenoxy) is 1. The highest BCUT2D eigenvalue weighted by Gasteiger charge is 2.02. The summed E-state index contributed by atoms with van der Waals surface area (Å²) in [6.45, 7) is 1.73. The number of nitrogens with zero attached hydrogens (tertiary/aromatic N) is 1. The summed E-state index contributed by atoms with van der Waals surface area (Å²) >= 11 is 0. The van der Waals surface area contributed by atoms with E-state index < -0.39 is 6.16 Å². The summed E-state index contributed by atoms with van der Waals surface area (Å²) in [5.41, 5.74) is 0.704. The summed E-state index contributed by atoms with van der Waals surface area (Å²) in [5, 5.41) is 8.25. The Morgan fingerprint density at radius 1 is 1.73 bits per heavy atom. The fraction of sp³-hybridized carbons (Fsp3) is 0.143. The van der Waals surface area contributed by atoms with E-state index in [1.54, 1.807) is 6.92 Å². The molecule has 1 aromatic heterocycles. The zero-order chi connectivity index (χ0) is 8.27. The third kappa shape index (κ3) is 1.93. The molecule has 0 atom stereocenters. The number of hydrogen-bond acceptors (Lipinski definition) is 3. The highest BCUT2D eigenvalue weighted by Crippen LogP contribution is 2.14. The average molecular weight is 153 g/mol. The molecule has 1 aromatic rings. The van der Waals surface area contributed by atoms with Crippen LogP contribution in [0.1, 0.15) is 5.56 Å². The van der Waals surface area contributed by atoms with E-state index in [2.05, 4.69) is 9.72 Å². The van der Waals surface area contributed by atoms with Crippen LogP contribution in [0.3, 0.4) is 0 Å². The molecular formula is C7H7NO3. The van der Waals surface area contributed by atoms with E-state index in [9.17, 15) is 4.79 Å². The van der Waals surface area contributed by atoms with Gasteiger partial charge in [-0.1, -0.05) is 0 Å². The van der Waals surface area contributed by atoms with E-state index in [-0.39, 0.29) is 0 Å². The summed E-state index contributed by atoms with van der Waals surface area (Å²) in [6.07, 6.45) is 1.71. The molecule has 1 heterocycles. The molecule has 4 nitrogen and oxygen atoms in total. The van der Waals surface area contributed by atoms with Gasteiger partial charge in [0.25, 0.3) is 0 Å². The van der Waals surface area contributed by atoms with Gasteiger partial charge in [-0.25, -0.2) is 4.79 Å². The van der Waals surface area contributed by atoms with Crippen molar-refractivity contribution in [2.24, 2.45) is 0 Å². The van der Waals surface area contributed by atoms with E-state index in [0.29, 0.717) is 11.3 Å². The Hall–Kier alpha value is -1.58. The Labute approximate surface area is 63.5 Å². The van der Waals surface area contributed by atoms with Gasteiger partial charge >= 0.3 is 6.16 Å². The largest absolute Gasteiger partial charge is 0.511 e. The molecule has 0 aliphatic rings. The zero-order valence-corrected chi connectivity index (χ0v) is 5.94. The molecule has 58 valence electrons. The van der Waals surface area contributed by atoms with E-state index in [4.69, 9.17) is 5.11 Å². The first-order valence-electron chi connectivity index (χ1n) is 3.01. The Morgan fingerprint density at radius 2 is 2.45 bits per heavy atom. The predicted octanol–water partition coefficient (Wildman–Crippen LogP) is 1.45. The van der Waals surface area contributed by atoms with Crippen LogP contribution in [0, 0.1) is 6.92 Å². The zero-order valence-electron chi connectivity index (χ0n) is 5.94. The fourth-order valence-electron chi connectivity index (χ4n) is 0.669. The molecule has 0 unspecified atom stereocenters. The highest BCUT2D eigenvalue weighted by molar-refractivity contribution is 5.61. The van der Waals surface area contributed by atoms with E-state index in [1.807, 2.05) is 0 Å². The third-order valence-corrected chi connectivity index (χ3v) is 1.17. The van der Waals surface area contributed by atoms with Crippen LogP contribution < -0.4 is 4.74 Å². The normalized spacial score (nSPS) is 9.18. The molecule has 0 saturated heterocycles. The molecular weight excluding hydrogens is 146 g/mol. The van der Waals surface area contributed by atoms with Crippen LogP contribution in [0.4, 0.5) is 4.79 Å². The lowest BCUT2D eigenvalue weighted by molar-refractivity contribution is 0.144. The smallest absolute Gasteiger partial charge is 0.449 e. The molecule has 0 aromatic carbocycles. The van der Waals surface area contributed by atoms with Gasteiger partial charge in [0.1, 0.15) is 5.75 Å². The number of aromatic nitrogens is 1. The van der Waals surface area contributed by atoms with Crippen LogP contribution in [0.25, 0.3) is 0 Å². The molecule has 0 aliphatic heterocycles. The minimum absolute atomic E-state index is 0.326. The van der Waals surface area contributed by atoms with Gasteiger partial charge in [-0.05, 0) is 13.0 Å². The van der Waals surface area contributed by atoms with E-state index in [1.165, 1.54) is 18.5 Å². The van der Waals surface area contributed by atoms with Crippen molar-refractivity contribution < 1.29 is 14.6 Å². The lowest BCUT2D eigenvalue weighted by atomic mass is 10.3. The second-order valence-electron chi connectivity index (χ2n) is 2.01.